The Bertz CT molecular complexity index is 544. The molecule has 0 fully saturated rings. The predicted octanol–water partition coefficient (Wildman–Crippen LogP) is 1.05. The molecule has 0 aromatic heterocycles. The zero-order valence-electron chi connectivity index (χ0n) is 11.8. The van der Waals surface area contributed by atoms with Gasteiger partial charge >= 0.3 is 0 Å². The summed E-state index contributed by atoms with van der Waals surface area (Å²) in [5.41, 5.74) is 6.82. The van der Waals surface area contributed by atoms with Crippen LogP contribution in [-0.2, 0) is 14.6 Å². The van der Waals surface area contributed by atoms with Crippen LogP contribution >= 0.6 is 12.4 Å². The molecule has 0 spiro atoms. The maximum atomic E-state index is 11.9. The van der Waals surface area contributed by atoms with Crippen molar-refractivity contribution in [3.63, 3.8) is 0 Å². The summed E-state index contributed by atoms with van der Waals surface area (Å²) in [6.07, 6.45) is 1.05. The Hall–Kier alpha value is -1.11. The molecule has 1 aromatic rings. The molecule has 0 aliphatic heterocycles. The first kappa shape index (κ1) is 18.9. The third-order valence-electron chi connectivity index (χ3n) is 3.18. The molecular formula is C13H21ClN2O3S. The van der Waals surface area contributed by atoms with Gasteiger partial charge in [0.15, 0.2) is 9.84 Å². The van der Waals surface area contributed by atoms with Gasteiger partial charge in [-0.2, -0.15) is 0 Å². The van der Waals surface area contributed by atoms with Gasteiger partial charge in [0.1, 0.15) is 4.75 Å². The molecule has 0 heterocycles. The minimum Gasteiger partial charge on any atom is -0.353 e. The number of rotatable bonds is 5. The van der Waals surface area contributed by atoms with Crippen LogP contribution in [0.15, 0.2) is 30.3 Å². The van der Waals surface area contributed by atoms with Crippen molar-refractivity contribution in [3.8, 4) is 0 Å². The average molecular weight is 321 g/mol. The smallest absolute Gasteiger partial charge is 0.240 e. The molecule has 1 atom stereocenters. The summed E-state index contributed by atoms with van der Waals surface area (Å²) in [6, 6.07) is 8.95. The van der Waals surface area contributed by atoms with Gasteiger partial charge in [0.05, 0.1) is 0 Å². The topological polar surface area (TPSA) is 89.3 Å². The molecule has 0 bridgehead atoms. The predicted molar refractivity (Wildman–Crippen MR) is 82.6 cm³/mol. The van der Waals surface area contributed by atoms with Crippen molar-refractivity contribution in [1.82, 2.24) is 5.32 Å². The molecule has 114 valence electrons. The van der Waals surface area contributed by atoms with E-state index in [-0.39, 0.29) is 25.0 Å². The van der Waals surface area contributed by atoms with Crippen LogP contribution in [0.2, 0.25) is 0 Å². The molecule has 0 saturated carbocycles. The van der Waals surface area contributed by atoms with E-state index in [4.69, 9.17) is 5.73 Å². The van der Waals surface area contributed by atoms with Crippen molar-refractivity contribution >= 4 is 28.2 Å². The third kappa shape index (κ3) is 4.47. The molecular weight excluding hydrogens is 300 g/mol. The van der Waals surface area contributed by atoms with Gasteiger partial charge < -0.3 is 11.1 Å². The fourth-order valence-corrected chi connectivity index (χ4v) is 1.81. The quantitative estimate of drug-likeness (QED) is 0.848. The molecule has 1 aromatic carbocycles. The maximum absolute atomic E-state index is 11.9. The van der Waals surface area contributed by atoms with Crippen LogP contribution in [0.25, 0.3) is 0 Å². The van der Waals surface area contributed by atoms with Crippen LogP contribution in [0, 0.1) is 0 Å². The van der Waals surface area contributed by atoms with Crippen LogP contribution < -0.4 is 11.1 Å². The number of amides is 1. The second-order valence-corrected chi connectivity index (χ2v) is 7.57. The van der Waals surface area contributed by atoms with Crippen molar-refractivity contribution < 1.29 is 13.2 Å². The zero-order chi connectivity index (χ0) is 14.7. The second-order valence-electron chi connectivity index (χ2n) is 5.01. The first-order chi connectivity index (χ1) is 8.66. The lowest BCUT2D eigenvalue weighted by Gasteiger charge is -2.22. The first-order valence-electron chi connectivity index (χ1n) is 5.94. The van der Waals surface area contributed by atoms with Crippen LogP contribution in [0.1, 0.15) is 25.5 Å². The Morgan fingerprint density at radius 1 is 1.30 bits per heavy atom. The summed E-state index contributed by atoms with van der Waals surface area (Å²) in [5, 5.41) is 2.58. The van der Waals surface area contributed by atoms with E-state index < -0.39 is 20.5 Å². The Kier molecular flexibility index (Phi) is 6.67. The number of nitrogens with one attached hydrogen (secondary N) is 1. The number of hydrogen-bond acceptors (Lipinski definition) is 4. The minimum absolute atomic E-state index is 0. The second kappa shape index (κ2) is 7.06. The zero-order valence-corrected chi connectivity index (χ0v) is 13.4. The van der Waals surface area contributed by atoms with Gasteiger partial charge in [0.25, 0.3) is 0 Å². The molecule has 0 aliphatic carbocycles. The summed E-state index contributed by atoms with van der Waals surface area (Å²) in [4.78, 5) is 11.9. The normalized spacial score (nSPS) is 13.2. The highest BCUT2D eigenvalue weighted by Gasteiger charge is 2.38. The van der Waals surface area contributed by atoms with Crippen LogP contribution in [0.3, 0.4) is 0 Å². The van der Waals surface area contributed by atoms with Crippen molar-refractivity contribution in [2.45, 2.75) is 24.6 Å². The molecule has 1 unspecified atom stereocenters. The number of hydrogen-bond donors (Lipinski definition) is 2. The number of benzene rings is 1. The Balaban J connectivity index is 0.00000361. The van der Waals surface area contributed by atoms with E-state index in [1.807, 2.05) is 30.3 Å². The number of nitrogens with two attached hydrogens (primary N) is 1. The van der Waals surface area contributed by atoms with Gasteiger partial charge in [0.2, 0.25) is 5.91 Å². The monoisotopic (exact) mass is 320 g/mol. The molecule has 7 heteroatoms. The highest BCUT2D eigenvalue weighted by atomic mass is 35.5. The third-order valence-corrected chi connectivity index (χ3v) is 5.22. The Labute approximate surface area is 126 Å². The Morgan fingerprint density at radius 2 is 1.80 bits per heavy atom. The van der Waals surface area contributed by atoms with E-state index in [2.05, 4.69) is 5.32 Å². The van der Waals surface area contributed by atoms with Gasteiger partial charge in [-0.3, -0.25) is 4.79 Å². The van der Waals surface area contributed by atoms with E-state index in [1.165, 1.54) is 13.8 Å². The molecule has 0 radical (unpaired) electrons. The fourth-order valence-electron chi connectivity index (χ4n) is 1.40. The molecule has 0 saturated heterocycles. The van der Waals surface area contributed by atoms with E-state index >= 15 is 0 Å². The standard InChI is InChI=1S/C13H20N2O3S.ClH/c1-13(2,19(3,17)18)12(16)15-9-11(14)10-7-5-4-6-8-10;/h4-8,11H,9,14H2,1-3H3,(H,15,16);1H. The molecule has 1 rings (SSSR count). The fraction of sp³-hybridized carbons (Fsp3) is 0.462. The van der Waals surface area contributed by atoms with Crippen molar-refractivity contribution in [3.05, 3.63) is 35.9 Å². The van der Waals surface area contributed by atoms with Crippen molar-refractivity contribution in [2.24, 2.45) is 5.73 Å². The molecule has 20 heavy (non-hydrogen) atoms. The maximum Gasteiger partial charge on any atom is 0.240 e. The van der Waals surface area contributed by atoms with Gasteiger partial charge in [-0.1, -0.05) is 30.3 Å². The summed E-state index contributed by atoms with van der Waals surface area (Å²) in [6.45, 7) is 2.96. The summed E-state index contributed by atoms with van der Waals surface area (Å²) in [7, 11) is -3.47. The summed E-state index contributed by atoms with van der Waals surface area (Å²) in [5.74, 6) is -0.540. The lowest BCUT2D eigenvalue weighted by Crippen LogP contribution is -2.49. The molecule has 3 N–H and O–H groups in total. The number of halogens is 1. The SMILES string of the molecule is CC(C)(C(=O)NCC(N)c1ccccc1)S(C)(=O)=O.Cl. The Morgan fingerprint density at radius 3 is 2.25 bits per heavy atom. The number of carbonyl (C=O) groups excluding carboxylic acids is 1. The molecule has 1 amide bonds. The number of sulfone groups is 1. The van der Waals surface area contributed by atoms with Crippen molar-refractivity contribution in [1.29, 1.82) is 0 Å². The molecule has 5 nitrogen and oxygen atoms in total. The highest BCUT2D eigenvalue weighted by Crippen LogP contribution is 2.15. The van der Waals surface area contributed by atoms with E-state index in [9.17, 15) is 13.2 Å². The van der Waals surface area contributed by atoms with Crippen LogP contribution in [0.4, 0.5) is 0 Å². The highest BCUT2D eigenvalue weighted by molar-refractivity contribution is 7.92. The van der Waals surface area contributed by atoms with Gasteiger partial charge in [-0.05, 0) is 19.4 Å². The van der Waals surface area contributed by atoms with E-state index in [1.54, 1.807) is 0 Å². The first-order valence-corrected chi connectivity index (χ1v) is 7.84. The van der Waals surface area contributed by atoms with E-state index in [0.29, 0.717) is 0 Å². The minimum atomic E-state index is -3.47. The van der Waals surface area contributed by atoms with Gasteiger partial charge in [-0.15, -0.1) is 12.4 Å². The average Bonchev–Trinajstić information content (AvgIpc) is 2.35. The lowest BCUT2D eigenvalue weighted by atomic mass is 10.1. The van der Waals surface area contributed by atoms with Crippen molar-refractivity contribution in [2.75, 3.05) is 12.8 Å². The van der Waals surface area contributed by atoms with Gasteiger partial charge in [-0.25, -0.2) is 8.42 Å². The summed E-state index contributed by atoms with van der Waals surface area (Å²) >= 11 is 0. The summed E-state index contributed by atoms with van der Waals surface area (Å²) < 4.78 is 21.6. The van der Waals surface area contributed by atoms with Crippen LogP contribution in [0.5, 0.6) is 0 Å². The van der Waals surface area contributed by atoms with Gasteiger partial charge in [0, 0.05) is 18.8 Å². The van der Waals surface area contributed by atoms with Crippen LogP contribution in [-0.4, -0.2) is 31.9 Å². The van der Waals surface area contributed by atoms with E-state index in [0.717, 1.165) is 11.8 Å². The lowest BCUT2D eigenvalue weighted by molar-refractivity contribution is -0.122. The molecule has 0 aliphatic rings. The largest absolute Gasteiger partial charge is 0.353 e. The number of carbonyl (C=O) groups is 1.